The van der Waals surface area contributed by atoms with Gasteiger partial charge in [-0.05, 0) is 30.3 Å². The van der Waals surface area contributed by atoms with Crippen molar-refractivity contribution in [1.29, 1.82) is 0 Å². The van der Waals surface area contributed by atoms with Crippen LogP contribution in [0.2, 0.25) is 5.02 Å². The minimum atomic E-state index is -4.55. The first-order valence-corrected chi connectivity index (χ1v) is 10.8. The number of fused-ring (bicyclic) bond motifs is 1. The van der Waals surface area contributed by atoms with E-state index in [4.69, 9.17) is 20.8 Å². The molecule has 33 heavy (non-hydrogen) atoms. The fraction of sp³-hybridized carbons (Fsp3) is 0.190. The summed E-state index contributed by atoms with van der Waals surface area (Å²) in [7, 11) is 3.26. The minimum absolute atomic E-state index is 0.00242. The lowest BCUT2D eigenvalue weighted by atomic mass is 10.2. The van der Waals surface area contributed by atoms with Crippen LogP contribution in [0.5, 0.6) is 5.75 Å². The molecule has 0 aliphatic rings. The van der Waals surface area contributed by atoms with E-state index in [2.05, 4.69) is 15.5 Å². The Kier molecular flexibility index (Phi) is 6.26. The van der Waals surface area contributed by atoms with E-state index in [1.807, 2.05) is 12.1 Å². The molecule has 12 heteroatoms. The van der Waals surface area contributed by atoms with Gasteiger partial charge in [-0.1, -0.05) is 35.5 Å². The van der Waals surface area contributed by atoms with Crippen LogP contribution in [0.3, 0.4) is 0 Å². The Labute approximate surface area is 194 Å². The molecule has 1 amide bonds. The third kappa shape index (κ3) is 4.79. The fourth-order valence-corrected chi connectivity index (χ4v) is 3.95. The molecule has 0 radical (unpaired) electrons. The average molecular weight is 497 g/mol. The third-order valence-electron chi connectivity index (χ3n) is 4.68. The normalized spacial score (nSPS) is 11.7. The molecule has 4 rings (SSSR count). The summed E-state index contributed by atoms with van der Waals surface area (Å²) >= 11 is 6.99. The van der Waals surface area contributed by atoms with Gasteiger partial charge in [-0.15, -0.1) is 10.2 Å². The van der Waals surface area contributed by atoms with Crippen LogP contribution >= 0.6 is 23.4 Å². The Morgan fingerprint density at radius 2 is 2.03 bits per heavy atom. The van der Waals surface area contributed by atoms with E-state index in [9.17, 15) is 18.0 Å². The number of halogens is 4. The molecular formula is C21H16ClF3N4O3S. The van der Waals surface area contributed by atoms with Crippen LogP contribution in [0.25, 0.3) is 22.6 Å². The van der Waals surface area contributed by atoms with Crippen molar-refractivity contribution < 1.29 is 27.1 Å². The summed E-state index contributed by atoms with van der Waals surface area (Å²) in [6, 6.07) is 10.0. The molecule has 0 atom stereocenters. The maximum Gasteiger partial charge on any atom is 0.416 e. The summed E-state index contributed by atoms with van der Waals surface area (Å²) in [5, 5.41) is 11.9. The maximum absolute atomic E-state index is 12.9. The molecule has 0 unspecified atom stereocenters. The predicted molar refractivity (Wildman–Crippen MR) is 119 cm³/mol. The molecule has 1 N–H and O–H groups in total. The first-order chi connectivity index (χ1) is 15.7. The van der Waals surface area contributed by atoms with Gasteiger partial charge in [0.1, 0.15) is 0 Å². The molecular weight excluding hydrogens is 481 g/mol. The zero-order valence-corrected chi connectivity index (χ0v) is 18.8. The first kappa shape index (κ1) is 23.0. The van der Waals surface area contributed by atoms with Gasteiger partial charge in [0, 0.05) is 12.4 Å². The number of rotatable bonds is 6. The monoisotopic (exact) mass is 496 g/mol. The SMILES string of the molecule is COc1cccc2cc(-c3nnc(SCC(=O)Nc4cc(C(F)(F)F)ccc4Cl)n3C)oc12. The molecule has 0 aliphatic carbocycles. The van der Waals surface area contributed by atoms with Crippen molar-refractivity contribution >= 4 is 45.9 Å². The number of methoxy groups -OCH3 is 1. The summed E-state index contributed by atoms with van der Waals surface area (Å²) in [6.07, 6.45) is -4.55. The highest BCUT2D eigenvalue weighted by Gasteiger charge is 2.31. The Bertz CT molecular complexity index is 1340. The number of thioether (sulfide) groups is 1. The molecule has 0 saturated carbocycles. The molecule has 172 valence electrons. The van der Waals surface area contributed by atoms with Crippen molar-refractivity contribution in [1.82, 2.24) is 14.8 Å². The molecule has 2 aromatic carbocycles. The van der Waals surface area contributed by atoms with Crippen LogP contribution in [-0.4, -0.2) is 33.5 Å². The molecule has 0 aliphatic heterocycles. The Morgan fingerprint density at radius 1 is 1.24 bits per heavy atom. The van der Waals surface area contributed by atoms with E-state index in [0.717, 1.165) is 35.3 Å². The van der Waals surface area contributed by atoms with Gasteiger partial charge < -0.3 is 19.0 Å². The number of carbonyl (C=O) groups is 1. The molecule has 2 heterocycles. The smallest absolute Gasteiger partial charge is 0.416 e. The van der Waals surface area contributed by atoms with Crippen molar-refractivity contribution in [2.75, 3.05) is 18.2 Å². The molecule has 2 aromatic heterocycles. The molecule has 4 aromatic rings. The van der Waals surface area contributed by atoms with E-state index in [-0.39, 0.29) is 16.5 Å². The van der Waals surface area contributed by atoms with Crippen molar-refractivity contribution in [2.24, 2.45) is 7.05 Å². The Hall–Kier alpha value is -3.18. The molecule has 0 fully saturated rings. The van der Waals surface area contributed by atoms with Crippen LogP contribution < -0.4 is 10.1 Å². The van der Waals surface area contributed by atoms with Crippen LogP contribution in [0, 0.1) is 0 Å². The number of furan rings is 1. The zero-order valence-electron chi connectivity index (χ0n) is 17.2. The zero-order chi connectivity index (χ0) is 23.8. The summed E-state index contributed by atoms with van der Waals surface area (Å²) in [6.45, 7) is 0. The highest BCUT2D eigenvalue weighted by molar-refractivity contribution is 7.99. The van der Waals surface area contributed by atoms with Crippen molar-refractivity contribution in [3.8, 4) is 17.3 Å². The third-order valence-corrected chi connectivity index (χ3v) is 6.03. The number of alkyl halides is 3. The number of ether oxygens (including phenoxy) is 1. The van der Waals surface area contributed by atoms with Gasteiger partial charge in [-0.25, -0.2) is 0 Å². The molecule has 0 bridgehead atoms. The second-order valence-electron chi connectivity index (χ2n) is 6.88. The molecule has 0 saturated heterocycles. The van der Waals surface area contributed by atoms with Crippen LogP contribution in [0.4, 0.5) is 18.9 Å². The van der Waals surface area contributed by atoms with Crippen LogP contribution in [-0.2, 0) is 18.0 Å². The number of hydrogen-bond donors (Lipinski definition) is 1. The summed E-state index contributed by atoms with van der Waals surface area (Å²) in [4.78, 5) is 12.3. The number of para-hydroxylation sites is 1. The average Bonchev–Trinajstić information content (AvgIpc) is 3.36. The van der Waals surface area contributed by atoms with E-state index in [0.29, 0.717) is 28.1 Å². The number of nitrogens with one attached hydrogen (secondary N) is 1. The predicted octanol–water partition coefficient (Wildman–Crippen LogP) is 5.64. The van der Waals surface area contributed by atoms with E-state index >= 15 is 0 Å². The van der Waals surface area contributed by atoms with E-state index < -0.39 is 17.6 Å². The van der Waals surface area contributed by atoms with E-state index in [1.165, 1.54) is 0 Å². The summed E-state index contributed by atoms with van der Waals surface area (Å²) in [5.74, 6) is 0.834. The number of carbonyl (C=O) groups excluding carboxylic acids is 1. The number of amides is 1. The summed E-state index contributed by atoms with van der Waals surface area (Å²) < 4.78 is 51.6. The number of aromatic nitrogens is 3. The van der Waals surface area contributed by atoms with Crippen molar-refractivity contribution in [2.45, 2.75) is 11.3 Å². The van der Waals surface area contributed by atoms with E-state index in [1.54, 1.807) is 30.9 Å². The maximum atomic E-state index is 12.9. The number of anilines is 1. The second-order valence-corrected chi connectivity index (χ2v) is 8.23. The number of nitrogens with zero attached hydrogens (tertiary/aromatic N) is 3. The van der Waals surface area contributed by atoms with Gasteiger partial charge in [0.2, 0.25) is 5.91 Å². The van der Waals surface area contributed by atoms with Gasteiger partial charge in [0.25, 0.3) is 0 Å². The highest BCUT2D eigenvalue weighted by Crippen LogP contribution is 2.35. The largest absolute Gasteiger partial charge is 0.493 e. The van der Waals surface area contributed by atoms with Gasteiger partial charge in [-0.3, -0.25) is 4.79 Å². The van der Waals surface area contributed by atoms with Crippen molar-refractivity contribution in [3.63, 3.8) is 0 Å². The van der Waals surface area contributed by atoms with Crippen LogP contribution in [0.1, 0.15) is 5.56 Å². The van der Waals surface area contributed by atoms with Gasteiger partial charge in [0.05, 0.1) is 29.1 Å². The second kappa shape index (κ2) is 8.99. The summed E-state index contributed by atoms with van der Waals surface area (Å²) in [5.41, 5.74) is -0.452. The minimum Gasteiger partial charge on any atom is -0.493 e. The molecule has 0 spiro atoms. The lowest BCUT2D eigenvalue weighted by Crippen LogP contribution is -2.16. The van der Waals surface area contributed by atoms with Crippen LogP contribution in [0.15, 0.2) is 52.0 Å². The first-order valence-electron chi connectivity index (χ1n) is 9.43. The Morgan fingerprint density at radius 3 is 2.76 bits per heavy atom. The lowest BCUT2D eigenvalue weighted by molar-refractivity contribution is -0.137. The van der Waals surface area contributed by atoms with Gasteiger partial charge >= 0.3 is 6.18 Å². The quantitative estimate of drug-likeness (QED) is 0.348. The standard InChI is InChI=1S/C21H16ClF3N4O3S/c1-29-19(16-8-11-4-3-5-15(31-2)18(11)32-16)27-28-20(29)33-10-17(30)26-14-9-12(21(23,24)25)6-7-13(14)22/h3-9H,10H2,1-2H3,(H,26,30). The van der Waals surface area contributed by atoms with Crippen molar-refractivity contribution in [3.05, 3.63) is 53.1 Å². The Balaban J connectivity index is 1.47. The van der Waals surface area contributed by atoms with Gasteiger partial charge in [-0.2, -0.15) is 13.2 Å². The topological polar surface area (TPSA) is 82.2 Å². The van der Waals surface area contributed by atoms with Gasteiger partial charge in [0.15, 0.2) is 28.1 Å². The number of benzene rings is 2. The number of hydrogen-bond acceptors (Lipinski definition) is 6. The highest BCUT2D eigenvalue weighted by atomic mass is 35.5. The lowest BCUT2D eigenvalue weighted by Gasteiger charge is -2.11. The fourth-order valence-electron chi connectivity index (χ4n) is 3.08. The molecule has 7 nitrogen and oxygen atoms in total.